The minimum Gasteiger partial charge on any atom is -0.207 e. The molecule has 0 aromatic heterocycles. The molecule has 0 heterocycles. The second-order valence-electron chi connectivity index (χ2n) is 4.47. The molecule has 13 heavy (non-hydrogen) atoms. The highest BCUT2D eigenvalue weighted by molar-refractivity contribution is 6.31. The van der Waals surface area contributed by atoms with Crippen LogP contribution in [0.4, 0.5) is 4.39 Å². The van der Waals surface area contributed by atoms with Crippen molar-refractivity contribution in [1.29, 1.82) is 0 Å². The van der Waals surface area contributed by atoms with Crippen molar-refractivity contribution in [2.24, 2.45) is 5.41 Å². The summed E-state index contributed by atoms with van der Waals surface area (Å²) in [7, 11) is 0. The maximum atomic E-state index is 12.7. The van der Waals surface area contributed by atoms with Gasteiger partial charge in [-0.05, 0) is 29.5 Å². The average Bonchev–Trinajstić information content (AvgIpc) is 1.93. The van der Waals surface area contributed by atoms with Gasteiger partial charge in [-0.25, -0.2) is 4.39 Å². The van der Waals surface area contributed by atoms with Crippen LogP contribution in [0.25, 0.3) is 0 Å². The zero-order chi connectivity index (χ0) is 10.1. The van der Waals surface area contributed by atoms with Crippen LogP contribution in [-0.2, 0) is 6.42 Å². The largest absolute Gasteiger partial charge is 0.207 e. The molecule has 0 N–H and O–H groups in total. The predicted molar refractivity (Wildman–Crippen MR) is 54.6 cm³/mol. The number of rotatable bonds is 1. The fourth-order valence-corrected chi connectivity index (χ4v) is 1.47. The third kappa shape index (κ3) is 3.35. The van der Waals surface area contributed by atoms with Crippen LogP contribution in [0.1, 0.15) is 26.3 Å². The summed E-state index contributed by atoms with van der Waals surface area (Å²) in [6.07, 6.45) is 0.867. The number of hydrogen-bond acceptors (Lipinski definition) is 0. The molecular weight excluding hydrogens is 187 g/mol. The smallest absolute Gasteiger partial charge is 0.124 e. The third-order valence-corrected chi connectivity index (χ3v) is 2.09. The molecule has 0 amide bonds. The van der Waals surface area contributed by atoms with Gasteiger partial charge in [-0.15, -0.1) is 0 Å². The van der Waals surface area contributed by atoms with Crippen molar-refractivity contribution in [1.82, 2.24) is 0 Å². The highest BCUT2D eigenvalue weighted by atomic mass is 35.5. The molecule has 72 valence electrons. The number of halogens is 2. The molecule has 1 rings (SSSR count). The molecule has 0 nitrogen and oxygen atoms in total. The minimum atomic E-state index is -0.275. The normalized spacial score (nSPS) is 11.8. The quantitative estimate of drug-likeness (QED) is 0.641. The Labute approximate surface area is 83.7 Å². The molecule has 0 saturated carbocycles. The van der Waals surface area contributed by atoms with E-state index in [9.17, 15) is 4.39 Å². The maximum absolute atomic E-state index is 12.7. The van der Waals surface area contributed by atoms with Crippen molar-refractivity contribution in [2.45, 2.75) is 27.2 Å². The molecule has 0 aliphatic rings. The van der Waals surface area contributed by atoms with Gasteiger partial charge in [0.2, 0.25) is 0 Å². The maximum Gasteiger partial charge on any atom is 0.124 e. The van der Waals surface area contributed by atoms with Gasteiger partial charge in [0.15, 0.2) is 0 Å². The molecule has 0 bridgehead atoms. The van der Waals surface area contributed by atoms with Crippen molar-refractivity contribution in [3.05, 3.63) is 34.6 Å². The fourth-order valence-electron chi connectivity index (χ4n) is 1.24. The van der Waals surface area contributed by atoms with Crippen molar-refractivity contribution < 1.29 is 4.39 Å². The van der Waals surface area contributed by atoms with Crippen LogP contribution in [0.2, 0.25) is 5.02 Å². The summed E-state index contributed by atoms with van der Waals surface area (Å²) in [4.78, 5) is 0. The van der Waals surface area contributed by atoms with Crippen molar-refractivity contribution >= 4 is 11.6 Å². The number of benzene rings is 1. The summed E-state index contributed by atoms with van der Waals surface area (Å²) in [6.45, 7) is 6.39. The monoisotopic (exact) mass is 200 g/mol. The molecule has 2 heteroatoms. The highest BCUT2D eigenvalue weighted by Gasteiger charge is 2.13. The average molecular weight is 201 g/mol. The Hall–Kier alpha value is -0.560. The predicted octanol–water partition coefficient (Wildman–Crippen LogP) is 4.07. The lowest BCUT2D eigenvalue weighted by Crippen LogP contribution is -2.09. The standard InChI is InChI=1S/C11H14ClF/c1-11(2,3)7-8-4-5-9(13)6-10(8)12/h4-6H,7H2,1-3H3. The molecule has 1 aromatic carbocycles. The minimum absolute atomic E-state index is 0.182. The van der Waals surface area contributed by atoms with Crippen LogP contribution in [0.3, 0.4) is 0 Å². The van der Waals surface area contributed by atoms with Crippen LogP contribution in [0, 0.1) is 11.2 Å². The first-order chi connectivity index (χ1) is 5.88. The van der Waals surface area contributed by atoms with Crippen LogP contribution in [-0.4, -0.2) is 0 Å². The van der Waals surface area contributed by atoms with Crippen LogP contribution >= 0.6 is 11.6 Å². The Morgan fingerprint density at radius 1 is 1.31 bits per heavy atom. The van der Waals surface area contributed by atoms with E-state index in [-0.39, 0.29) is 11.2 Å². The first kappa shape index (κ1) is 10.5. The lowest BCUT2D eigenvalue weighted by molar-refractivity contribution is 0.411. The van der Waals surface area contributed by atoms with Gasteiger partial charge in [-0.2, -0.15) is 0 Å². The van der Waals surface area contributed by atoms with E-state index >= 15 is 0 Å². The lowest BCUT2D eigenvalue weighted by atomic mass is 9.88. The Morgan fingerprint density at radius 2 is 1.92 bits per heavy atom. The summed E-state index contributed by atoms with van der Waals surface area (Å²) < 4.78 is 12.7. The third-order valence-electron chi connectivity index (χ3n) is 1.74. The molecule has 0 aliphatic carbocycles. The molecule has 0 spiro atoms. The SMILES string of the molecule is CC(C)(C)Cc1ccc(F)cc1Cl. The lowest BCUT2D eigenvalue weighted by Gasteiger charge is -2.18. The summed E-state index contributed by atoms with van der Waals surface area (Å²) in [5.41, 5.74) is 1.19. The van der Waals surface area contributed by atoms with Gasteiger partial charge in [-0.1, -0.05) is 38.4 Å². The second-order valence-corrected chi connectivity index (χ2v) is 4.88. The van der Waals surface area contributed by atoms with Crippen molar-refractivity contribution in [2.75, 3.05) is 0 Å². The summed E-state index contributed by atoms with van der Waals surface area (Å²) in [6, 6.07) is 4.57. The topological polar surface area (TPSA) is 0 Å². The molecule has 1 aromatic rings. The Morgan fingerprint density at radius 3 is 2.38 bits per heavy atom. The van der Waals surface area contributed by atoms with Crippen molar-refractivity contribution in [3.63, 3.8) is 0 Å². The van der Waals surface area contributed by atoms with Gasteiger partial charge in [0.25, 0.3) is 0 Å². The van der Waals surface area contributed by atoms with Crippen LogP contribution in [0.15, 0.2) is 18.2 Å². The zero-order valence-corrected chi connectivity index (χ0v) is 8.95. The van der Waals surface area contributed by atoms with E-state index in [2.05, 4.69) is 20.8 Å². The van der Waals surface area contributed by atoms with E-state index in [0.29, 0.717) is 5.02 Å². The molecule has 0 aliphatic heterocycles. The van der Waals surface area contributed by atoms with Gasteiger partial charge in [0.05, 0.1) is 0 Å². The van der Waals surface area contributed by atoms with Gasteiger partial charge in [-0.3, -0.25) is 0 Å². The molecule has 0 radical (unpaired) electrons. The fraction of sp³-hybridized carbons (Fsp3) is 0.455. The second kappa shape index (κ2) is 3.67. The van der Waals surface area contributed by atoms with Gasteiger partial charge < -0.3 is 0 Å². The number of hydrogen-bond donors (Lipinski definition) is 0. The zero-order valence-electron chi connectivity index (χ0n) is 8.20. The van der Waals surface area contributed by atoms with Gasteiger partial charge >= 0.3 is 0 Å². The summed E-state index contributed by atoms with van der Waals surface area (Å²) in [5, 5.41) is 0.523. The van der Waals surface area contributed by atoms with Gasteiger partial charge in [0, 0.05) is 5.02 Å². The van der Waals surface area contributed by atoms with E-state index < -0.39 is 0 Å². The molecule has 0 saturated heterocycles. The van der Waals surface area contributed by atoms with E-state index in [0.717, 1.165) is 12.0 Å². The first-order valence-corrected chi connectivity index (χ1v) is 4.70. The Balaban J connectivity index is 2.90. The van der Waals surface area contributed by atoms with Crippen LogP contribution in [0.5, 0.6) is 0 Å². The van der Waals surface area contributed by atoms with Gasteiger partial charge in [0.1, 0.15) is 5.82 Å². The Bertz CT molecular complexity index is 299. The molecule has 0 unspecified atom stereocenters. The van der Waals surface area contributed by atoms with Crippen LogP contribution < -0.4 is 0 Å². The first-order valence-electron chi connectivity index (χ1n) is 4.32. The highest BCUT2D eigenvalue weighted by Crippen LogP contribution is 2.26. The van der Waals surface area contributed by atoms with Crippen molar-refractivity contribution in [3.8, 4) is 0 Å². The molecule has 0 atom stereocenters. The Kier molecular flexibility index (Phi) is 2.97. The summed E-state index contributed by atoms with van der Waals surface area (Å²) in [5.74, 6) is -0.275. The van der Waals surface area contributed by atoms with E-state index in [4.69, 9.17) is 11.6 Å². The molecular formula is C11H14ClF. The molecule has 0 fully saturated rings. The van der Waals surface area contributed by atoms with E-state index in [1.807, 2.05) is 0 Å². The van der Waals surface area contributed by atoms with E-state index in [1.165, 1.54) is 12.1 Å². The van der Waals surface area contributed by atoms with E-state index in [1.54, 1.807) is 6.07 Å². The summed E-state index contributed by atoms with van der Waals surface area (Å²) >= 11 is 5.90.